The van der Waals surface area contributed by atoms with Gasteiger partial charge in [0.1, 0.15) is 5.58 Å². The van der Waals surface area contributed by atoms with Crippen LogP contribution in [0.3, 0.4) is 0 Å². The van der Waals surface area contributed by atoms with Crippen LogP contribution >= 0.6 is 0 Å². The summed E-state index contributed by atoms with van der Waals surface area (Å²) in [6.07, 6.45) is 9.08. The van der Waals surface area contributed by atoms with Crippen molar-refractivity contribution >= 4 is 17.1 Å². The first-order valence-corrected chi connectivity index (χ1v) is 8.99. The van der Waals surface area contributed by atoms with Crippen LogP contribution in [-0.4, -0.2) is 18.6 Å². The van der Waals surface area contributed by atoms with Gasteiger partial charge >= 0.3 is 5.97 Å². The second-order valence-electron chi connectivity index (χ2n) is 6.20. The van der Waals surface area contributed by atoms with Crippen LogP contribution in [0.15, 0.2) is 22.6 Å². The first kappa shape index (κ1) is 17.8. The average Bonchev–Trinajstić information content (AvgIpc) is 3.19. The van der Waals surface area contributed by atoms with E-state index in [0.29, 0.717) is 17.8 Å². The van der Waals surface area contributed by atoms with Gasteiger partial charge in [-0.1, -0.05) is 33.1 Å². The maximum atomic E-state index is 11.4. The Bertz CT molecular complexity index is 557. The molecule has 1 atom stereocenters. The van der Waals surface area contributed by atoms with Crippen LogP contribution in [-0.2, 0) is 4.79 Å². The third-order valence-electron chi connectivity index (χ3n) is 4.26. The minimum Gasteiger partial charge on any atom is -0.453 e. The van der Waals surface area contributed by atoms with Crippen molar-refractivity contribution in [2.24, 2.45) is 0 Å². The van der Waals surface area contributed by atoms with Gasteiger partial charge in [0, 0.05) is 18.5 Å². The zero-order valence-electron chi connectivity index (χ0n) is 14.4. The van der Waals surface area contributed by atoms with Gasteiger partial charge in [-0.05, 0) is 44.4 Å². The topological polar surface area (TPSA) is 51.5 Å². The molecule has 0 amide bonds. The molecule has 0 aromatic carbocycles. The van der Waals surface area contributed by atoms with Gasteiger partial charge < -0.3 is 14.5 Å². The van der Waals surface area contributed by atoms with E-state index in [0.717, 1.165) is 30.9 Å². The third kappa shape index (κ3) is 5.87. The molecule has 1 unspecified atom stereocenters. The van der Waals surface area contributed by atoms with Crippen LogP contribution in [0, 0.1) is 0 Å². The van der Waals surface area contributed by atoms with E-state index >= 15 is 0 Å². The molecular weight excluding hydrogens is 290 g/mol. The summed E-state index contributed by atoms with van der Waals surface area (Å²) < 4.78 is 10.4. The average molecular weight is 319 g/mol. The molecule has 1 aliphatic heterocycles. The number of furan rings is 2. The van der Waals surface area contributed by atoms with Crippen LogP contribution in [0.1, 0.15) is 65.2 Å². The number of piperidine rings is 1. The minimum atomic E-state index is -0.174. The summed E-state index contributed by atoms with van der Waals surface area (Å²) in [7, 11) is 0. The van der Waals surface area contributed by atoms with Crippen LogP contribution in [0.5, 0.6) is 5.75 Å². The minimum absolute atomic E-state index is 0.174. The fourth-order valence-corrected chi connectivity index (χ4v) is 2.81. The number of hydrogen-bond donors (Lipinski definition) is 1. The lowest BCUT2D eigenvalue weighted by Gasteiger charge is -2.21. The summed E-state index contributed by atoms with van der Waals surface area (Å²) in [4.78, 5) is 11.4. The highest BCUT2D eigenvalue weighted by Gasteiger charge is 2.12. The second kappa shape index (κ2) is 9.56. The Morgan fingerprint density at radius 1 is 1.30 bits per heavy atom. The molecule has 0 radical (unpaired) electrons. The number of unbranched alkanes of at least 4 members (excludes halogenated alkanes) is 2. The van der Waals surface area contributed by atoms with Gasteiger partial charge in [-0.2, -0.15) is 0 Å². The van der Waals surface area contributed by atoms with Gasteiger partial charge in [0.15, 0.2) is 11.3 Å². The molecule has 2 bridgehead atoms. The summed E-state index contributed by atoms with van der Waals surface area (Å²) in [5, 5.41) is 3.47. The van der Waals surface area contributed by atoms with Crippen LogP contribution in [0.2, 0.25) is 0 Å². The van der Waals surface area contributed by atoms with Crippen molar-refractivity contribution in [1.82, 2.24) is 5.32 Å². The van der Waals surface area contributed by atoms with Crippen molar-refractivity contribution in [2.75, 3.05) is 6.54 Å². The van der Waals surface area contributed by atoms with Gasteiger partial charge in [0.25, 0.3) is 0 Å². The van der Waals surface area contributed by atoms with Crippen molar-refractivity contribution in [1.29, 1.82) is 0 Å². The van der Waals surface area contributed by atoms with Crippen LogP contribution in [0.4, 0.5) is 0 Å². The summed E-state index contributed by atoms with van der Waals surface area (Å²) in [5.74, 6) is 0.376. The number of benzene rings is 1. The number of hydrogen-bond acceptors (Lipinski definition) is 4. The highest BCUT2D eigenvalue weighted by molar-refractivity contribution is 5.78. The SMILES string of the molecule is CCC1CCCCN1.CCCCCC(=O)Oc1cc2ccc1o2. The molecule has 2 aromatic heterocycles. The Balaban J connectivity index is 0.000000203. The van der Waals surface area contributed by atoms with Crippen LogP contribution < -0.4 is 10.1 Å². The van der Waals surface area contributed by atoms with Crippen molar-refractivity contribution in [3.05, 3.63) is 18.2 Å². The third-order valence-corrected chi connectivity index (χ3v) is 4.26. The van der Waals surface area contributed by atoms with E-state index in [1.54, 1.807) is 6.07 Å². The van der Waals surface area contributed by atoms with E-state index in [4.69, 9.17) is 9.15 Å². The van der Waals surface area contributed by atoms with Gasteiger partial charge in [-0.3, -0.25) is 4.79 Å². The Hall–Kier alpha value is -1.55. The van der Waals surface area contributed by atoms with Gasteiger partial charge in [0.2, 0.25) is 0 Å². The molecule has 4 nitrogen and oxygen atoms in total. The van der Waals surface area contributed by atoms with Crippen molar-refractivity contribution in [3.63, 3.8) is 0 Å². The quantitative estimate of drug-likeness (QED) is 0.467. The first-order chi connectivity index (χ1) is 11.2. The van der Waals surface area contributed by atoms with E-state index in [1.165, 1.54) is 32.2 Å². The molecular formula is C19H29NO3. The Morgan fingerprint density at radius 2 is 2.17 bits per heavy atom. The first-order valence-electron chi connectivity index (χ1n) is 8.99. The molecule has 3 rings (SSSR count). The fraction of sp³-hybridized carbons (Fsp3) is 0.632. The molecule has 1 saturated heterocycles. The second-order valence-corrected chi connectivity index (χ2v) is 6.20. The number of nitrogens with one attached hydrogen (secondary N) is 1. The molecule has 4 heteroatoms. The van der Waals surface area contributed by atoms with E-state index in [-0.39, 0.29) is 5.97 Å². The van der Waals surface area contributed by atoms with Crippen molar-refractivity contribution in [3.8, 4) is 5.75 Å². The van der Waals surface area contributed by atoms with E-state index in [2.05, 4.69) is 19.2 Å². The standard InChI is InChI=1S/C12H14O3.C7H15N/c1-2-3-4-5-12(13)15-11-8-9-6-7-10(11)14-9;1-2-7-5-3-4-6-8-7/h6-8H,2-5H2,1H3;7-8H,2-6H2,1H3. The molecule has 23 heavy (non-hydrogen) atoms. The van der Waals surface area contributed by atoms with Gasteiger partial charge in [0.05, 0.1) is 0 Å². The molecule has 0 aliphatic carbocycles. The highest BCUT2D eigenvalue weighted by Crippen LogP contribution is 2.29. The lowest BCUT2D eigenvalue weighted by atomic mass is 10.0. The van der Waals surface area contributed by atoms with Gasteiger partial charge in [-0.15, -0.1) is 0 Å². The summed E-state index contributed by atoms with van der Waals surface area (Å²) in [5.41, 5.74) is 1.40. The molecule has 0 saturated carbocycles. The Kier molecular flexibility index (Phi) is 7.40. The molecule has 3 heterocycles. The lowest BCUT2D eigenvalue weighted by Crippen LogP contribution is -2.32. The number of rotatable bonds is 6. The molecule has 1 aliphatic rings. The smallest absolute Gasteiger partial charge is 0.311 e. The number of fused-ring (bicyclic) bond motifs is 2. The molecule has 0 spiro atoms. The zero-order chi connectivity index (χ0) is 16.5. The number of carbonyl (C=O) groups is 1. The Morgan fingerprint density at radius 3 is 2.70 bits per heavy atom. The number of carbonyl (C=O) groups excluding carboxylic acids is 1. The van der Waals surface area contributed by atoms with Gasteiger partial charge in [-0.25, -0.2) is 0 Å². The molecule has 2 aromatic rings. The van der Waals surface area contributed by atoms with E-state index in [9.17, 15) is 4.79 Å². The lowest BCUT2D eigenvalue weighted by molar-refractivity contribution is -0.134. The zero-order valence-corrected chi connectivity index (χ0v) is 14.4. The predicted octanol–water partition coefficient (Wildman–Crippen LogP) is 4.89. The normalized spacial score (nSPS) is 17.7. The molecule has 1 N–H and O–H groups in total. The number of ether oxygens (including phenoxy) is 1. The predicted molar refractivity (Wildman–Crippen MR) is 93.1 cm³/mol. The van der Waals surface area contributed by atoms with E-state index in [1.807, 2.05) is 12.1 Å². The maximum Gasteiger partial charge on any atom is 0.311 e. The molecule has 1 fully saturated rings. The molecule has 128 valence electrons. The fourth-order valence-electron chi connectivity index (χ4n) is 2.81. The largest absolute Gasteiger partial charge is 0.453 e. The summed E-state index contributed by atoms with van der Waals surface area (Å²) in [6.45, 7) is 5.61. The summed E-state index contributed by atoms with van der Waals surface area (Å²) in [6, 6.07) is 6.24. The number of esters is 1. The maximum absolute atomic E-state index is 11.4. The Labute approximate surface area is 138 Å². The summed E-state index contributed by atoms with van der Waals surface area (Å²) >= 11 is 0. The van der Waals surface area contributed by atoms with E-state index < -0.39 is 0 Å². The monoisotopic (exact) mass is 319 g/mol. The van der Waals surface area contributed by atoms with Crippen LogP contribution in [0.25, 0.3) is 11.2 Å². The highest BCUT2D eigenvalue weighted by atomic mass is 16.5. The van der Waals surface area contributed by atoms with Crippen molar-refractivity contribution < 1.29 is 13.9 Å². The van der Waals surface area contributed by atoms with Crippen molar-refractivity contribution in [2.45, 2.75) is 71.3 Å².